The van der Waals surface area contributed by atoms with Crippen LogP contribution in [-0.2, 0) is 4.79 Å². The molecule has 1 aromatic carbocycles. The van der Waals surface area contributed by atoms with E-state index in [9.17, 15) is 4.79 Å². The monoisotopic (exact) mass is 339 g/mol. The minimum absolute atomic E-state index is 0.0457. The smallest absolute Gasteiger partial charge is 0.238 e. The molecule has 0 aliphatic carbocycles. The van der Waals surface area contributed by atoms with Gasteiger partial charge in [-0.2, -0.15) is 0 Å². The van der Waals surface area contributed by atoms with Gasteiger partial charge in [-0.1, -0.05) is 15.9 Å². The Bertz CT molecular complexity index is 478. The molecule has 1 atom stereocenters. The number of nitrogens with two attached hydrogens (primary N) is 1. The summed E-state index contributed by atoms with van der Waals surface area (Å²) in [6.45, 7) is 5.10. The van der Waals surface area contributed by atoms with Gasteiger partial charge in [-0.25, -0.2) is 0 Å². The second-order valence-electron chi connectivity index (χ2n) is 5.49. The largest absolute Gasteiger partial charge is 0.330 e. The van der Waals surface area contributed by atoms with Gasteiger partial charge in [0.2, 0.25) is 5.91 Å². The second-order valence-corrected chi connectivity index (χ2v) is 6.35. The summed E-state index contributed by atoms with van der Waals surface area (Å²) in [7, 11) is 0. The Morgan fingerprint density at radius 2 is 2.35 bits per heavy atom. The number of likely N-dealkylation sites (tertiary alicyclic amines) is 1. The minimum Gasteiger partial charge on any atom is -0.330 e. The maximum Gasteiger partial charge on any atom is 0.238 e. The van der Waals surface area contributed by atoms with Gasteiger partial charge in [0.25, 0.3) is 0 Å². The molecule has 1 aromatic rings. The highest BCUT2D eigenvalue weighted by Gasteiger charge is 2.20. The number of carbonyl (C=O) groups excluding carboxylic acids is 1. The number of hydrogen-bond acceptors (Lipinski definition) is 3. The Balaban J connectivity index is 1.87. The van der Waals surface area contributed by atoms with Crippen LogP contribution in [-0.4, -0.2) is 37.0 Å². The van der Waals surface area contributed by atoms with Crippen LogP contribution in [0.15, 0.2) is 22.7 Å². The van der Waals surface area contributed by atoms with Crippen molar-refractivity contribution in [1.82, 2.24) is 4.90 Å². The molecule has 0 radical (unpaired) electrons. The topological polar surface area (TPSA) is 58.4 Å². The van der Waals surface area contributed by atoms with Gasteiger partial charge in [0, 0.05) is 16.7 Å². The third-order valence-corrected chi connectivity index (χ3v) is 4.64. The normalized spacial score (nSPS) is 19.9. The van der Waals surface area contributed by atoms with Crippen molar-refractivity contribution in [3.05, 3.63) is 28.2 Å². The predicted octanol–water partition coefficient (Wildman–Crippen LogP) is 2.37. The van der Waals surface area contributed by atoms with E-state index in [1.54, 1.807) is 0 Å². The Morgan fingerprint density at radius 3 is 3.05 bits per heavy atom. The van der Waals surface area contributed by atoms with Gasteiger partial charge in [0.05, 0.1) is 6.54 Å². The number of amides is 1. The van der Waals surface area contributed by atoms with E-state index in [1.807, 2.05) is 25.1 Å². The Labute approximate surface area is 128 Å². The first-order chi connectivity index (χ1) is 9.58. The summed E-state index contributed by atoms with van der Waals surface area (Å²) in [5.41, 5.74) is 7.68. The molecule has 1 saturated heterocycles. The van der Waals surface area contributed by atoms with Crippen LogP contribution < -0.4 is 11.1 Å². The highest BCUT2D eigenvalue weighted by molar-refractivity contribution is 9.10. The van der Waals surface area contributed by atoms with Crippen molar-refractivity contribution in [1.29, 1.82) is 0 Å². The molecule has 4 nitrogen and oxygen atoms in total. The molecular weight excluding hydrogens is 318 g/mol. The Morgan fingerprint density at radius 1 is 1.55 bits per heavy atom. The SMILES string of the molecule is Cc1cc(NC(=O)CN2CCCC(CN)C2)ccc1Br. The van der Waals surface area contributed by atoms with Crippen LogP contribution in [0, 0.1) is 12.8 Å². The maximum absolute atomic E-state index is 12.1. The average molecular weight is 340 g/mol. The molecule has 0 bridgehead atoms. The van der Waals surface area contributed by atoms with Crippen molar-refractivity contribution in [3.63, 3.8) is 0 Å². The number of anilines is 1. The van der Waals surface area contributed by atoms with E-state index in [4.69, 9.17) is 5.73 Å². The van der Waals surface area contributed by atoms with E-state index in [1.165, 1.54) is 6.42 Å². The predicted molar refractivity (Wildman–Crippen MR) is 85.7 cm³/mol. The van der Waals surface area contributed by atoms with Gasteiger partial charge < -0.3 is 11.1 Å². The fourth-order valence-corrected chi connectivity index (χ4v) is 2.86. The number of aryl methyl sites for hydroxylation is 1. The number of carbonyl (C=O) groups is 1. The quantitative estimate of drug-likeness (QED) is 0.885. The van der Waals surface area contributed by atoms with Crippen LogP contribution in [0.3, 0.4) is 0 Å². The number of rotatable bonds is 4. The molecule has 110 valence electrons. The molecule has 1 aliphatic heterocycles. The third kappa shape index (κ3) is 4.30. The van der Waals surface area contributed by atoms with Crippen molar-refractivity contribution in [2.75, 3.05) is 31.5 Å². The number of nitrogens with one attached hydrogen (secondary N) is 1. The van der Waals surface area contributed by atoms with Gasteiger partial charge in [0.15, 0.2) is 0 Å². The van der Waals surface area contributed by atoms with Gasteiger partial charge in [-0.15, -0.1) is 0 Å². The lowest BCUT2D eigenvalue weighted by Gasteiger charge is -2.31. The van der Waals surface area contributed by atoms with Crippen molar-refractivity contribution in [2.24, 2.45) is 11.7 Å². The third-order valence-electron chi connectivity index (χ3n) is 3.75. The highest BCUT2D eigenvalue weighted by atomic mass is 79.9. The fourth-order valence-electron chi connectivity index (χ4n) is 2.61. The van der Waals surface area contributed by atoms with Crippen LogP contribution in [0.2, 0.25) is 0 Å². The number of halogens is 1. The molecule has 5 heteroatoms. The molecular formula is C15H22BrN3O. The summed E-state index contributed by atoms with van der Waals surface area (Å²) in [5, 5.41) is 2.96. The van der Waals surface area contributed by atoms with E-state index in [0.29, 0.717) is 19.0 Å². The summed E-state index contributed by atoms with van der Waals surface area (Å²) in [6, 6.07) is 5.84. The summed E-state index contributed by atoms with van der Waals surface area (Å²) >= 11 is 3.46. The molecule has 20 heavy (non-hydrogen) atoms. The molecule has 1 unspecified atom stereocenters. The first-order valence-corrected chi connectivity index (χ1v) is 7.86. The number of nitrogens with zero attached hydrogens (tertiary/aromatic N) is 1. The van der Waals surface area contributed by atoms with Gasteiger partial charge in [-0.05, 0) is 62.5 Å². The zero-order valence-corrected chi connectivity index (χ0v) is 13.4. The summed E-state index contributed by atoms with van der Waals surface area (Å²) in [4.78, 5) is 14.3. The van der Waals surface area contributed by atoms with E-state index in [-0.39, 0.29) is 5.91 Å². The first-order valence-electron chi connectivity index (χ1n) is 7.07. The van der Waals surface area contributed by atoms with E-state index < -0.39 is 0 Å². The summed E-state index contributed by atoms with van der Waals surface area (Å²) in [5.74, 6) is 0.580. The van der Waals surface area contributed by atoms with Gasteiger partial charge >= 0.3 is 0 Å². The standard InChI is InChI=1S/C15H22BrN3O/c1-11-7-13(4-5-14(11)16)18-15(20)10-19-6-2-3-12(8-17)9-19/h4-5,7,12H,2-3,6,8-10,17H2,1H3,(H,18,20). The first kappa shape index (κ1) is 15.5. The van der Waals surface area contributed by atoms with E-state index >= 15 is 0 Å². The van der Waals surface area contributed by atoms with Crippen LogP contribution in [0.5, 0.6) is 0 Å². The Hall–Kier alpha value is -0.910. The molecule has 0 spiro atoms. The molecule has 1 heterocycles. The van der Waals surface area contributed by atoms with Crippen LogP contribution in [0.25, 0.3) is 0 Å². The molecule has 3 N–H and O–H groups in total. The average Bonchev–Trinajstić information content (AvgIpc) is 2.43. The van der Waals surface area contributed by atoms with Crippen LogP contribution in [0.1, 0.15) is 18.4 Å². The lowest BCUT2D eigenvalue weighted by atomic mass is 9.98. The maximum atomic E-state index is 12.1. The Kier molecular flexibility index (Phi) is 5.57. The number of piperidine rings is 1. The lowest BCUT2D eigenvalue weighted by molar-refractivity contribution is -0.117. The molecule has 1 amide bonds. The van der Waals surface area contributed by atoms with Crippen molar-refractivity contribution in [3.8, 4) is 0 Å². The van der Waals surface area contributed by atoms with Crippen molar-refractivity contribution in [2.45, 2.75) is 19.8 Å². The molecule has 1 aliphatic rings. The van der Waals surface area contributed by atoms with Crippen LogP contribution >= 0.6 is 15.9 Å². The zero-order chi connectivity index (χ0) is 14.5. The molecule has 0 saturated carbocycles. The van der Waals surface area contributed by atoms with Crippen molar-refractivity contribution < 1.29 is 4.79 Å². The van der Waals surface area contributed by atoms with Crippen LogP contribution in [0.4, 0.5) is 5.69 Å². The molecule has 0 aromatic heterocycles. The highest BCUT2D eigenvalue weighted by Crippen LogP contribution is 2.20. The second kappa shape index (κ2) is 7.20. The minimum atomic E-state index is 0.0457. The van der Waals surface area contributed by atoms with E-state index in [0.717, 1.165) is 35.2 Å². The van der Waals surface area contributed by atoms with E-state index in [2.05, 4.69) is 26.1 Å². The zero-order valence-electron chi connectivity index (χ0n) is 11.9. The number of hydrogen-bond donors (Lipinski definition) is 2. The van der Waals surface area contributed by atoms with Gasteiger partial charge in [-0.3, -0.25) is 9.69 Å². The summed E-state index contributed by atoms with van der Waals surface area (Å²) in [6.07, 6.45) is 2.31. The van der Waals surface area contributed by atoms with Crippen molar-refractivity contribution >= 4 is 27.5 Å². The molecule has 2 rings (SSSR count). The molecule has 1 fully saturated rings. The fraction of sp³-hybridized carbons (Fsp3) is 0.533. The summed E-state index contributed by atoms with van der Waals surface area (Å²) < 4.78 is 1.05. The number of benzene rings is 1. The van der Waals surface area contributed by atoms with Gasteiger partial charge in [0.1, 0.15) is 0 Å². The lowest BCUT2D eigenvalue weighted by Crippen LogP contribution is -2.42.